The molecule has 92 valence electrons. The monoisotopic (exact) mass is 232 g/mol. The normalized spacial score (nSPS) is 15.5. The molecule has 0 heterocycles. The predicted octanol–water partition coefficient (Wildman–Crippen LogP) is 4.99. The summed E-state index contributed by atoms with van der Waals surface area (Å²) in [4.78, 5) is 0. The van der Waals surface area contributed by atoms with Gasteiger partial charge in [-0.2, -0.15) is 0 Å². The Hall–Kier alpha value is 0.230. The van der Waals surface area contributed by atoms with Gasteiger partial charge in [0.05, 0.1) is 7.14 Å². The van der Waals surface area contributed by atoms with Crippen molar-refractivity contribution in [3.8, 4) is 0 Å². The summed E-state index contributed by atoms with van der Waals surface area (Å²) < 4.78 is 13.3. The highest BCUT2D eigenvalue weighted by Gasteiger charge is 2.47. The van der Waals surface area contributed by atoms with Gasteiger partial charge in [0.1, 0.15) is 0 Å². The molecule has 0 bridgehead atoms. The third-order valence-electron chi connectivity index (χ3n) is 2.86. The zero-order valence-corrected chi connectivity index (χ0v) is 13.0. The van der Waals surface area contributed by atoms with Gasteiger partial charge in [-0.05, 0) is 5.41 Å². The Labute approximate surface area is 96.4 Å². The largest absolute Gasteiger partial charge is 0.322 e. The molecule has 0 atom stereocenters. The first-order chi connectivity index (χ1) is 6.21. The van der Waals surface area contributed by atoms with Crippen LogP contribution in [-0.2, 0) is 4.57 Å². The second-order valence-corrected chi connectivity index (χ2v) is 12.3. The van der Waals surface area contributed by atoms with Crippen molar-refractivity contribution in [1.82, 2.24) is 0 Å². The molecular weight excluding hydrogens is 203 g/mol. The Balaban J connectivity index is 5.37. The van der Waals surface area contributed by atoms with E-state index in [1.54, 1.807) is 0 Å². The van der Waals surface area contributed by atoms with E-state index in [0.29, 0.717) is 0 Å². The fraction of sp³-hybridized carbons (Fsp3) is 1.00. The zero-order valence-electron chi connectivity index (χ0n) is 12.1. The first-order valence-corrected chi connectivity index (χ1v) is 7.69. The van der Waals surface area contributed by atoms with Crippen LogP contribution in [0.3, 0.4) is 0 Å². The summed E-state index contributed by atoms with van der Waals surface area (Å²) in [5, 5.41) is -0.197. The number of rotatable bonds is 1. The van der Waals surface area contributed by atoms with E-state index in [4.69, 9.17) is 0 Å². The Morgan fingerprint density at radius 3 is 1.07 bits per heavy atom. The molecule has 0 aromatic heterocycles. The van der Waals surface area contributed by atoms with E-state index in [9.17, 15) is 4.57 Å². The van der Waals surface area contributed by atoms with Crippen LogP contribution >= 0.6 is 7.14 Å². The minimum Gasteiger partial charge on any atom is -0.322 e. The summed E-state index contributed by atoms with van der Waals surface area (Å²) in [6.45, 7) is 19.2. The van der Waals surface area contributed by atoms with Crippen molar-refractivity contribution in [3.63, 3.8) is 0 Å². The first-order valence-electron chi connectivity index (χ1n) is 5.80. The molecule has 0 aliphatic rings. The molecule has 0 fully saturated rings. The van der Waals surface area contributed by atoms with Crippen LogP contribution < -0.4 is 0 Å². The van der Waals surface area contributed by atoms with E-state index < -0.39 is 7.14 Å². The minimum absolute atomic E-state index is 0.0987. The van der Waals surface area contributed by atoms with Crippen LogP contribution in [0, 0.1) is 5.41 Å². The smallest absolute Gasteiger partial charge is 0.0982 e. The number of hydrogen-bond donors (Lipinski definition) is 0. The average molecular weight is 232 g/mol. The summed E-state index contributed by atoms with van der Waals surface area (Å²) in [6.07, 6.45) is 0.826. The molecule has 0 aliphatic carbocycles. The lowest BCUT2D eigenvalue weighted by Gasteiger charge is -2.44. The van der Waals surface area contributed by atoms with Gasteiger partial charge in [-0.1, -0.05) is 62.3 Å². The van der Waals surface area contributed by atoms with E-state index in [1.165, 1.54) is 0 Å². The lowest BCUT2D eigenvalue weighted by atomic mass is 10.0. The van der Waals surface area contributed by atoms with E-state index in [1.807, 2.05) is 0 Å². The molecule has 2 heteroatoms. The Morgan fingerprint density at radius 1 is 0.733 bits per heavy atom. The van der Waals surface area contributed by atoms with Crippen molar-refractivity contribution in [2.45, 2.75) is 72.6 Å². The van der Waals surface area contributed by atoms with Gasteiger partial charge in [-0.25, -0.2) is 0 Å². The fourth-order valence-corrected chi connectivity index (χ4v) is 6.45. The van der Waals surface area contributed by atoms with Gasteiger partial charge >= 0.3 is 0 Å². The maximum Gasteiger partial charge on any atom is 0.0982 e. The maximum absolute atomic E-state index is 13.3. The summed E-state index contributed by atoms with van der Waals surface area (Å²) in [7, 11) is -2.21. The molecule has 0 aromatic rings. The van der Waals surface area contributed by atoms with Gasteiger partial charge in [0.2, 0.25) is 0 Å². The lowest BCUT2D eigenvalue weighted by molar-refractivity contribution is 0.439. The molecule has 0 radical (unpaired) electrons. The molecule has 0 amide bonds. The van der Waals surface area contributed by atoms with Crippen LogP contribution in [0.25, 0.3) is 0 Å². The highest BCUT2D eigenvalue weighted by Crippen LogP contribution is 2.68. The van der Waals surface area contributed by atoms with Crippen LogP contribution in [0.2, 0.25) is 0 Å². The highest BCUT2D eigenvalue weighted by molar-refractivity contribution is 7.67. The lowest BCUT2D eigenvalue weighted by Crippen LogP contribution is -2.33. The summed E-state index contributed by atoms with van der Waals surface area (Å²) in [5.74, 6) is 0. The standard InChI is InChI=1S/C13H29OP/c1-11(2,3)10-15(14,12(4,5)6)13(7,8)9/h10H2,1-9H3. The molecule has 0 rings (SSSR count). The summed E-state index contributed by atoms with van der Waals surface area (Å²) in [5.41, 5.74) is 0.135. The molecule has 0 N–H and O–H groups in total. The van der Waals surface area contributed by atoms with Crippen LogP contribution in [0.5, 0.6) is 0 Å². The molecule has 0 spiro atoms. The Morgan fingerprint density at radius 2 is 1.00 bits per heavy atom. The Bertz CT molecular complexity index is 240. The predicted molar refractivity (Wildman–Crippen MR) is 71.4 cm³/mol. The SMILES string of the molecule is CC(C)(C)CP(=O)(C(C)(C)C)C(C)(C)C. The van der Waals surface area contributed by atoms with Crippen LogP contribution in [0.1, 0.15) is 62.3 Å². The first kappa shape index (κ1) is 15.2. The molecule has 15 heavy (non-hydrogen) atoms. The van der Waals surface area contributed by atoms with E-state index in [0.717, 1.165) is 6.16 Å². The Kier molecular flexibility index (Phi) is 3.97. The molecular formula is C13H29OP. The maximum atomic E-state index is 13.3. The molecule has 0 saturated carbocycles. The van der Waals surface area contributed by atoms with E-state index in [2.05, 4.69) is 62.3 Å². The molecule has 0 saturated heterocycles. The molecule has 0 aromatic carbocycles. The van der Waals surface area contributed by atoms with E-state index >= 15 is 0 Å². The van der Waals surface area contributed by atoms with Crippen molar-refractivity contribution in [2.75, 3.05) is 6.16 Å². The van der Waals surface area contributed by atoms with Gasteiger partial charge in [-0.15, -0.1) is 0 Å². The molecule has 0 aliphatic heterocycles. The average Bonchev–Trinajstić information content (AvgIpc) is 1.77. The van der Waals surface area contributed by atoms with Gasteiger partial charge in [0.25, 0.3) is 0 Å². The quantitative estimate of drug-likeness (QED) is 0.582. The van der Waals surface area contributed by atoms with Crippen molar-refractivity contribution < 1.29 is 4.57 Å². The van der Waals surface area contributed by atoms with Crippen LogP contribution in [-0.4, -0.2) is 16.5 Å². The second kappa shape index (κ2) is 3.91. The summed E-state index contributed by atoms with van der Waals surface area (Å²) >= 11 is 0. The summed E-state index contributed by atoms with van der Waals surface area (Å²) in [6, 6.07) is 0. The third kappa shape index (κ3) is 3.63. The van der Waals surface area contributed by atoms with Crippen molar-refractivity contribution in [3.05, 3.63) is 0 Å². The fourth-order valence-electron chi connectivity index (χ4n) is 2.15. The van der Waals surface area contributed by atoms with Gasteiger partial charge in [0.15, 0.2) is 0 Å². The van der Waals surface area contributed by atoms with Gasteiger partial charge in [-0.3, -0.25) is 0 Å². The molecule has 0 unspecified atom stereocenters. The van der Waals surface area contributed by atoms with Crippen LogP contribution in [0.15, 0.2) is 0 Å². The zero-order chi connectivity index (χ0) is 12.7. The van der Waals surface area contributed by atoms with E-state index in [-0.39, 0.29) is 15.7 Å². The topological polar surface area (TPSA) is 17.1 Å². The third-order valence-corrected chi connectivity index (χ3v) is 8.59. The van der Waals surface area contributed by atoms with Gasteiger partial charge < -0.3 is 4.57 Å². The molecule has 1 nitrogen and oxygen atoms in total. The van der Waals surface area contributed by atoms with Crippen LogP contribution in [0.4, 0.5) is 0 Å². The minimum atomic E-state index is -2.21. The van der Waals surface area contributed by atoms with Crippen molar-refractivity contribution in [1.29, 1.82) is 0 Å². The number of hydrogen-bond acceptors (Lipinski definition) is 1. The van der Waals surface area contributed by atoms with Crippen molar-refractivity contribution in [2.24, 2.45) is 5.41 Å². The van der Waals surface area contributed by atoms with Gasteiger partial charge in [0, 0.05) is 16.5 Å². The second-order valence-electron chi connectivity index (χ2n) is 7.80. The highest BCUT2D eigenvalue weighted by atomic mass is 31.2. The van der Waals surface area contributed by atoms with Crippen molar-refractivity contribution >= 4 is 7.14 Å².